The molecule has 26 heavy (non-hydrogen) atoms. The molecule has 0 saturated heterocycles. The predicted molar refractivity (Wildman–Crippen MR) is 109 cm³/mol. The van der Waals surface area contributed by atoms with E-state index in [0.717, 1.165) is 15.8 Å². The maximum Gasteiger partial charge on any atom is 0.334 e. The molecule has 4 rings (SSSR count). The van der Waals surface area contributed by atoms with E-state index >= 15 is 0 Å². The summed E-state index contributed by atoms with van der Waals surface area (Å²) in [4.78, 5) is 4.63. The first kappa shape index (κ1) is 17.0. The number of benzene rings is 3. The van der Waals surface area contributed by atoms with Crippen LogP contribution in [0.4, 0.5) is 0 Å². The molecule has 0 N–H and O–H groups in total. The van der Waals surface area contributed by atoms with Crippen LogP contribution in [-0.2, 0) is 4.57 Å². The lowest BCUT2D eigenvalue weighted by Gasteiger charge is -2.18. The Labute approximate surface area is 156 Å². The standard InChI is InChI=1S/C21H18NO2PS/c1-15-12-13-17(14-16(15)2)24-25(23,18-8-4-3-5-9-18)21-22-19-10-6-7-11-20(19)26-21/h3-14H,1-2H3. The molecule has 0 spiro atoms. The highest BCUT2D eigenvalue weighted by atomic mass is 32.1. The van der Waals surface area contributed by atoms with Crippen molar-refractivity contribution in [1.82, 2.24) is 4.98 Å². The Morgan fingerprint density at radius 2 is 1.62 bits per heavy atom. The molecule has 0 aliphatic rings. The van der Waals surface area contributed by atoms with Gasteiger partial charge in [0.15, 0.2) is 4.75 Å². The Morgan fingerprint density at radius 3 is 2.35 bits per heavy atom. The molecule has 3 aromatic carbocycles. The van der Waals surface area contributed by atoms with Gasteiger partial charge >= 0.3 is 7.37 Å². The van der Waals surface area contributed by atoms with Crippen LogP contribution in [0.15, 0.2) is 72.8 Å². The van der Waals surface area contributed by atoms with E-state index in [0.29, 0.717) is 15.8 Å². The number of para-hydroxylation sites is 1. The van der Waals surface area contributed by atoms with Gasteiger partial charge in [-0.05, 0) is 61.4 Å². The van der Waals surface area contributed by atoms with Crippen LogP contribution in [0.5, 0.6) is 5.75 Å². The summed E-state index contributed by atoms with van der Waals surface area (Å²) in [6.07, 6.45) is 0. The van der Waals surface area contributed by atoms with Crippen molar-refractivity contribution < 1.29 is 9.09 Å². The van der Waals surface area contributed by atoms with E-state index in [1.807, 2.05) is 86.6 Å². The Balaban J connectivity index is 1.87. The van der Waals surface area contributed by atoms with Crippen LogP contribution < -0.4 is 14.6 Å². The number of aryl methyl sites for hydroxylation is 2. The third-order valence-corrected chi connectivity index (χ3v) is 8.23. The Bertz CT molecular complexity index is 1090. The summed E-state index contributed by atoms with van der Waals surface area (Å²) in [7, 11) is -3.35. The summed E-state index contributed by atoms with van der Waals surface area (Å²) in [6.45, 7) is 4.07. The van der Waals surface area contributed by atoms with E-state index < -0.39 is 7.37 Å². The molecular formula is C21H18NO2PS. The third-order valence-electron chi connectivity index (χ3n) is 4.34. The molecule has 3 nitrogen and oxygen atoms in total. The Hall–Kier alpha value is -2.42. The van der Waals surface area contributed by atoms with Gasteiger partial charge in [0.05, 0.1) is 15.5 Å². The van der Waals surface area contributed by atoms with Gasteiger partial charge in [-0.1, -0.05) is 36.4 Å². The van der Waals surface area contributed by atoms with Crippen molar-refractivity contribution >= 4 is 39.0 Å². The molecule has 4 aromatic rings. The lowest BCUT2D eigenvalue weighted by molar-refractivity contribution is 0.502. The van der Waals surface area contributed by atoms with Crippen molar-refractivity contribution in [2.45, 2.75) is 13.8 Å². The number of rotatable bonds is 4. The van der Waals surface area contributed by atoms with Crippen LogP contribution in [0, 0.1) is 13.8 Å². The number of fused-ring (bicyclic) bond motifs is 1. The number of aromatic nitrogens is 1. The van der Waals surface area contributed by atoms with Crippen LogP contribution in [0.1, 0.15) is 11.1 Å². The molecule has 0 radical (unpaired) electrons. The van der Waals surface area contributed by atoms with E-state index in [1.165, 1.54) is 16.9 Å². The lowest BCUT2D eigenvalue weighted by atomic mass is 10.1. The van der Waals surface area contributed by atoms with Gasteiger partial charge in [0, 0.05) is 0 Å². The van der Waals surface area contributed by atoms with Crippen molar-refractivity contribution in [3.63, 3.8) is 0 Å². The van der Waals surface area contributed by atoms with Crippen LogP contribution in [-0.4, -0.2) is 4.98 Å². The second-order valence-electron chi connectivity index (χ2n) is 6.19. The van der Waals surface area contributed by atoms with E-state index in [1.54, 1.807) is 0 Å². The molecular weight excluding hydrogens is 361 g/mol. The van der Waals surface area contributed by atoms with Gasteiger partial charge in [0.25, 0.3) is 0 Å². The molecule has 0 saturated carbocycles. The van der Waals surface area contributed by atoms with E-state index in [9.17, 15) is 4.57 Å². The first-order chi connectivity index (χ1) is 12.6. The average Bonchev–Trinajstić information content (AvgIpc) is 3.10. The highest BCUT2D eigenvalue weighted by Gasteiger charge is 2.34. The maximum atomic E-state index is 14.1. The number of hydrogen-bond acceptors (Lipinski definition) is 4. The molecule has 0 fully saturated rings. The SMILES string of the molecule is Cc1ccc(OP(=O)(c2ccccc2)c2nc3ccccc3s2)cc1C. The summed E-state index contributed by atoms with van der Waals surface area (Å²) in [5.41, 5.74) is 3.12. The summed E-state index contributed by atoms with van der Waals surface area (Å²) in [6, 6.07) is 22.9. The fourth-order valence-corrected chi connectivity index (χ4v) is 6.26. The highest BCUT2D eigenvalue weighted by Crippen LogP contribution is 2.47. The monoisotopic (exact) mass is 379 g/mol. The Kier molecular flexibility index (Phi) is 4.39. The summed E-state index contributed by atoms with van der Waals surface area (Å²) in [5.74, 6) is 0.597. The van der Waals surface area contributed by atoms with Gasteiger partial charge < -0.3 is 4.52 Å². The molecule has 130 valence electrons. The highest BCUT2D eigenvalue weighted by molar-refractivity contribution is 7.79. The van der Waals surface area contributed by atoms with Crippen molar-refractivity contribution in [3.8, 4) is 5.75 Å². The first-order valence-corrected chi connectivity index (χ1v) is 10.8. The number of hydrogen-bond donors (Lipinski definition) is 0. The fraction of sp³-hybridized carbons (Fsp3) is 0.0952. The maximum absolute atomic E-state index is 14.1. The largest absolute Gasteiger partial charge is 0.435 e. The van der Waals surface area contributed by atoms with Crippen LogP contribution in [0.25, 0.3) is 10.2 Å². The van der Waals surface area contributed by atoms with Gasteiger partial charge in [-0.25, -0.2) is 4.98 Å². The van der Waals surface area contributed by atoms with Gasteiger partial charge in [0.2, 0.25) is 0 Å². The molecule has 1 atom stereocenters. The quantitative estimate of drug-likeness (QED) is 0.456. The predicted octanol–water partition coefficient (Wildman–Crippen LogP) is 5.22. The summed E-state index contributed by atoms with van der Waals surface area (Å²) in [5, 5.41) is 0.650. The van der Waals surface area contributed by atoms with E-state index in [4.69, 9.17) is 4.52 Å². The molecule has 0 amide bonds. The van der Waals surface area contributed by atoms with Crippen molar-refractivity contribution in [1.29, 1.82) is 0 Å². The molecule has 1 unspecified atom stereocenters. The molecule has 0 aliphatic heterocycles. The molecule has 1 aromatic heterocycles. The van der Waals surface area contributed by atoms with Gasteiger partial charge in [0.1, 0.15) is 5.75 Å². The zero-order chi connectivity index (χ0) is 18.1. The van der Waals surface area contributed by atoms with E-state index in [-0.39, 0.29) is 0 Å². The minimum Gasteiger partial charge on any atom is -0.435 e. The molecule has 1 heterocycles. The molecule has 0 aliphatic carbocycles. The average molecular weight is 379 g/mol. The van der Waals surface area contributed by atoms with Crippen molar-refractivity contribution in [2.24, 2.45) is 0 Å². The smallest absolute Gasteiger partial charge is 0.334 e. The summed E-state index contributed by atoms with van der Waals surface area (Å²) < 4.78 is 21.7. The second kappa shape index (κ2) is 6.71. The second-order valence-corrected chi connectivity index (χ2v) is 9.75. The normalized spacial score (nSPS) is 13.5. The zero-order valence-corrected chi connectivity index (χ0v) is 16.3. The number of thiazole rings is 1. The van der Waals surface area contributed by atoms with Crippen LogP contribution in [0.2, 0.25) is 0 Å². The topological polar surface area (TPSA) is 39.2 Å². The summed E-state index contributed by atoms with van der Waals surface area (Å²) >= 11 is 1.43. The van der Waals surface area contributed by atoms with Crippen LogP contribution in [0.3, 0.4) is 0 Å². The molecule has 5 heteroatoms. The number of nitrogens with zero attached hydrogens (tertiary/aromatic N) is 1. The van der Waals surface area contributed by atoms with Gasteiger partial charge in [-0.3, -0.25) is 4.57 Å². The van der Waals surface area contributed by atoms with Crippen molar-refractivity contribution in [3.05, 3.63) is 83.9 Å². The van der Waals surface area contributed by atoms with Crippen molar-refractivity contribution in [2.75, 3.05) is 0 Å². The third kappa shape index (κ3) is 3.07. The fourth-order valence-electron chi connectivity index (χ4n) is 2.73. The van der Waals surface area contributed by atoms with Gasteiger partial charge in [-0.2, -0.15) is 0 Å². The minimum atomic E-state index is -3.35. The van der Waals surface area contributed by atoms with Gasteiger partial charge in [-0.15, -0.1) is 11.3 Å². The minimum absolute atomic E-state index is 0.517. The first-order valence-electron chi connectivity index (χ1n) is 8.35. The Morgan fingerprint density at radius 1 is 0.885 bits per heavy atom. The zero-order valence-electron chi connectivity index (χ0n) is 14.5. The van der Waals surface area contributed by atoms with Crippen LogP contribution >= 0.6 is 18.7 Å². The van der Waals surface area contributed by atoms with E-state index in [2.05, 4.69) is 4.98 Å². The molecule has 0 bridgehead atoms. The lowest BCUT2D eigenvalue weighted by Crippen LogP contribution is -2.19.